The van der Waals surface area contributed by atoms with E-state index in [2.05, 4.69) is 10.3 Å². The Kier molecular flexibility index (Phi) is 3.42. The van der Waals surface area contributed by atoms with Crippen molar-refractivity contribution >= 4 is 46.0 Å². The zero-order chi connectivity index (χ0) is 14.1. The highest BCUT2D eigenvalue weighted by atomic mass is 35.5. The fraction of sp³-hybridized carbons (Fsp3) is 0.0714. The minimum absolute atomic E-state index is 0.378. The monoisotopic (exact) mass is 308 g/mol. The molecule has 3 aromatic rings. The van der Waals surface area contributed by atoms with E-state index in [1.807, 2.05) is 6.07 Å². The van der Waals surface area contributed by atoms with Crippen LogP contribution in [-0.2, 0) is 0 Å². The van der Waals surface area contributed by atoms with Gasteiger partial charge in [-0.25, -0.2) is 0 Å². The minimum atomic E-state index is 0.378. The van der Waals surface area contributed by atoms with E-state index in [-0.39, 0.29) is 0 Å². The van der Waals surface area contributed by atoms with Crippen molar-refractivity contribution in [2.45, 2.75) is 0 Å². The molecule has 3 rings (SSSR count). The van der Waals surface area contributed by atoms with Crippen molar-refractivity contribution in [3.8, 4) is 5.75 Å². The molecule has 0 spiro atoms. The summed E-state index contributed by atoms with van der Waals surface area (Å²) in [7, 11) is 1.57. The molecule has 0 aliphatic rings. The third-order valence-electron chi connectivity index (χ3n) is 2.75. The van der Waals surface area contributed by atoms with Crippen molar-refractivity contribution in [3.05, 3.63) is 46.4 Å². The quantitative estimate of drug-likeness (QED) is 0.748. The number of methoxy groups -OCH3 is 1. The van der Waals surface area contributed by atoms with Crippen LogP contribution in [0.5, 0.6) is 5.75 Å². The molecule has 20 heavy (non-hydrogen) atoms. The lowest BCUT2D eigenvalue weighted by Crippen LogP contribution is -1.91. The van der Waals surface area contributed by atoms with Crippen molar-refractivity contribution in [1.82, 2.24) is 4.98 Å². The highest BCUT2D eigenvalue weighted by molar-refractivity contribution is 6.32. The first-order valence-corrected chi connectivity index (χ1v) is 6.58. The zero-order valence-corrected chi connectivity index (χ0v) is 12.0. The molecular formula is C14H10Cl2N2O2. The van der Waals surface area contributed by atoms with Gasteiger partial charge in [-0.3, -0.25) is 0 Å². The van der Waals surface area contributed by atoms with Crippen LogP contribution in [0.1, 0.15) is 0 Å². The van der Waals surface area contributed by atoms with Gasteiger partial charge in [0.15, 0.2) is 5.58 Å². The summed E-state index contributed by atoms with van der Waals surface area (Å²) in [6, 6.07) is 11.0. The van der Waals surface area contributed by atoms with E-state index < -0.39 is 0 Å². The predicted molar refractivity (Wildman–Crippen MR) is 80.3 cm³/mol. The number of hydrogen-bond donors (Lipinski definition) is 1. The maximum Gasteiger partial charge on any atom is 0.300 e. The lowest BCUT2D eigenvalue weighted by Gasteiger charge is -2.05. The number of fused-ring (bicyclic) bond motifs is 1. The first kappa shape index (κ1) is 13.1. The van der Waals surface area contributed by atoms with Gasteiger partial charge in [-0.2, -0.15) is 4.98 Å². The summed E-state index contributed by atoms with van der Waals surface area (Å²) < 4.78 is 10.7. The number of oxazole rings is 1. The Labute approximate surface area is 125 Å². The highest BCUT2D eigenvalue weighted by Crippen LogP contribution is 2.30. The van der Waals surface area contributed by atoms with Crippen LogP contribution >= 0.6 is 23.2 Å². The van der Waals surface area contributed by atoms with Crippen LogP contribution < -0.4 is 10.1 Å². The Morgan fingerprint density at radius 2 is 2.00 bits per heavy atom. The SMILES string of the molecule is COc1ccc(Nc2nc3cc(Cl)ccc3o2)cc1Cl. The van der Waals surface area contributed by atoms with Gasteiger partial charge < -0.3 is 14.5 Å². The molecule has 4 nitrogen and oxygen atoms in total. The molecule has 102 valence electrons. The summed E-state index contributed by atoms with van der Waals surface area (Å²) in [5, 5.41) is 4.17. The Morgan fingerprint density at radius 1 is 1.15 bits per heavy atom. The van der Waals surface area contributed by atoms with Crippen molar-refractivity contribution in [2.75, 3.05) is 12.4 Å². The molecule has 2 aromatic carbocycles. The molecule has 0 saturated carbocycles. The van der Waals surface area contributed by atoms with Crippen LogP contribution in [0.25, 0.3) is 11.1 Å². The van der Waals surface area contributed by atoms with E-state index in [1.54, 1.807) is 37.4 Å². The molecule has 0 aliphatic heterocycles. The highest BCUT2D eigenvalue weighted by Gasteiger charge is 2.08. The molecule has 0 aliphatic carbocycles. The summed E-state index contributed by atoms with van der Waals surface area (Å²) in [6.07, 6.45) is 0. The van der Waals surface area contributed by atoms with Crippen molar-refractivity contribution in [1.29, 1.82) is 0 Å². The number of aromatic nitrogens is 1. The Balaban J connectivity index is 1.90. The normalized spacial score (nSPS) is 10.8. The molecule has 1 aromatic heterocycles. The van der Waals surface area contributed by atoms with E-state index in [0.717, 1.165) is 5.69 Å². The van der Waals surface area contributed by atoms with Gasteiger partial charge in [0, 0.05) is 10.7 Å². The van der Waals surface area contributed by atoms with E-state index in [4.69, 9.17) is 32.4 Å². The largest absolute Gasteiger partial charge is 0.495 e. The second-order valence-corrected chi connectivity index (χ2v) is 4.95. The topological polar surface area (TPSA) is 47.3 Å². The number of rotatable bonds is 3. The molecule has 0 amide bonds. The van der Waals surface area contributed by atoms with E-state index in [9.17, 15) is 0 Å². The number of benzene rings is 2. The summed E-state index contributed by atoms with van der Waals surface area (Å²) in [6.45, 7) is 0. The predicted octanol–water partition coefficient (Wildman–Crippen LogP) is 4.89. The van der Waals surface area contributed by atoms with Crippen LogP contribution in [0, 0.1) is 0 Å². The fourth-order valence-corrected chi connectivity index (χ4v) is 2.25. The van der Waals surface area contributed by atoms with Gasteiger partial charge in [-0.1, -0.05) is 23.2 Å². The molecule has 0 bridgehead atoms. The van der Waals surface area contributed by atoms with E-state index in [1.165, 1.54) is 0 Å². The summed E-state index contributed by atoms with van der Waals surface area (Å²) in [5.74, 6) is 0.613. The standard InChI is InChI=1S/C14H10Cl2N2O2/c1-19-12-5-3-9(7-10(12)16)17-14-18-11-6-8(15)2-4-13(11)20-14/h2-7H,1H3,(H,17,18). The van der Waals surface area contributed by atoms with Crippen LogP contribution in [0.2, 0.25) is 10.0 Å². The van der Waals surface area contributed by atoms with Crippen LogP contribution in [0.3, 0.4) is 0 Å². The molecule has 0 fully saturated rings. The number of ether oxygens (including phenoxy) is 1. The maximum atomic E-state index is 6.06. The average Bonchev–Trinajstić information content (AvgIpc) is 2.80. The van der Waals surface area contributed by atoms with Gasteiger partial charge in [-0.05, 0) is 36.4 Å². The Morgan fingerprint density at radius 3 is 2.75 bits per heavy atom. The Hall–Kier alpha value is -1.91. The molecule has 0 saturated heterocycles. The second kappa shape index (κ2) is 5.23. The molecule has 0 unspecified atom stereocenters. The van der Waals surface area contributed by atoms with Gasteiger partial charge in [0.05, 0.1) is 12.1 Å². The second-order valence-electron chi connectivity index (χ2n) is 4.11. The number of hydrogen-bond acceptors (Lipinski definition) is 4. The zero-order valence-electron chi connectivity index (χ0n) is 10.5. The fourth-order valence-electron chi connectivity index (χ4n) is 1.82. The molecule has 1 N–H and O–H groups in total. The lowest BCUT2D eigenvalue weighted by atomic mass is 10.3. The van der Waals surface area contributed by atoms with Crippen LogP contribution in [0.15, 0.2) is 40.8 Å². The van der Waals surface area contributed by atoms with Gasteiger partial charge in [0.1, 0.15) is 11.3 Å². The third kappa shape index (κ3) is 2.53. The first-order valence-electron chi connectivity index (χ1n) is 5.82. The first-order chi connectivity index (χ1) is 9.65. The van der Waals surface area contributed by atoms with Gasteiger partial charge in [0.25, 0.3) is 6.01 Å². The van der Waals surface area contributed by atoms with Gasteiger partial charge in [0.2, 0.25) is 0 Å². The van der Waals surface area contributed by atoms with E-state index >= 15 is 0 Å². The number of anilines is 2. The number of nitrogens with zero attached hydrogens (tertiary/aromatic N) is 1. The van der Waals surface area contributed by atoms with E-state index in [0.29, 0.717) is 32.9 Å². The van der Waals surface area contributed by atoms with Crippen LogP contribution in [0.4, 0.5) is 11.7 Å². The summed E-state index contributed by atoms with van der Waals surface area (Å²) >= 11 is 12.0. The minimum Gasteiger partial charge on any atom is -0.495 e. The maximum absolute atomic E-state index is 6.06. The number of nitrogens with one attached hydrogen (secondary N) is 1. The number of halogens is 2. The average molecular weight is 309 g/mol. The molecule has 0 atom stereocenters. The molecular weight excluding hydrogens is 299 g/mol. The van der Waals surface area contributed by atoms with Crippen molar-refractivity contribution in [2.24, 2.45) is 0 Å². The smallest absolute Gasteiger partial charge is 0.300 e. The van der Waals surface area contributed by atoms with Crippen LogP contribution in [-0.4, -0.2) is 12.1 Å². The van der Waals surface area contributed by atoms with Gasteiger partial charge >= 0.3 is 0 Å². The van der Waals surface area contributed by atoms with Crippen molar-refractivity contribution < 1.29 is 9.15 Å². The molecule has 6 heteroatoms. The summed E-state index contributed by atoms with van der Waals surface area (Å²) in [5.41, 5.74) is 2.12. The van der Waals surface area contributed by atoms with Crippen molar-refractivity contribution in [3.63, 3.8) is 0 Å². The molecule has 1 heterocycles. The van der Waals surface area contributed by atoms with Gasteiger partial charge in [-0.15, -0.1) is 0 Å². The lowest BCUT2D eigenvalue weighted by molar-refractivity contribution is 0.415. The molecule has 0 radical (unpaired) electrons. The summed E-state index contributed by atoms with van der Waals surface area (Å²) in [4.78, 5) is 4.30. The third-order valence-corrected chi connectivity index (χ3v) is 3.28. The Bertz CT molecular complexity index is 771.